The standard InChI is InChI=1S/C19H32N4O2.HI/c1-14(2)12-23-9-10-24-18(13-23)11-21-19(20)22-16-5-7-17(8-6-16)25-15(3)4;/h5-8,14-15,18H,9-13H2,1-4H3,(H3,20,21,22);1H. The third-order valence-electron chi connectivity index (χ3n) is 3.81. The van der Waals surface area contributed by atoms with E-state index < -0.39 is 0 Å². The molecule has 148 valence electrons. The van der Waals surface area contributed by atoms with Crippen molar-refractivity contribution < 1.29 is 9.47 Å². The van der Waals surface area contributed by atoms with Gasteiger partial charge in [-0.2, -0.15) is 0 Å². The monoisotopic (exact) mass is 476 g/mol. The molecule has 1 aromatic rings. The van der Waals surface area contributed by atoms with Crippen LogP contribution < -0.4 is 15.8 Å². The second kappa shape index (κ2) is 11.6. The fourth-order valence-electron chi connectivity index (χ4n) is 2.85. The maximum absolute atomic E-state index is 6.00. The van der Waals surface area contributed by atoms with Gasteiger partial charge in [0.25, 0.3) is 0 Å². The van der Waals surface area contributed by atoms with E-state index in [1.807, 2.05) is 38.1 Å². The summed E-state index contributed by atoms with van der Waals surface area (Å²) in [5, 5.41) is 3.11. The Hall–Kier alpha value is -1.06. The summed E-state index contributed by atoms with van der Waals surface area (Å²) in [6, 6.07) is 7.70. The van der Waals surface area contributed by atoms with Crippen LogP contribution >= 0.6 is 24.0 Å². The third kappa shape index (κ3) is 8.55. The first kappa shape index (κ1) is 23.0. The van der Waals surface area contributed by atoms with Crippen molar-refractivity contribution in [2.24, 2.45) is 16.6 Å². The van der Waals surface area contributed by atoms with Gasteiger partial charge in [-0.15, -0.1) is 24.0 Å². The van der Waals surface area contributed by atoms with Gasteiger partial charge < -0.3 is 20.5 Å². The lowest BCUT2D eigenvalue weighted by Crippen LogP contribution is -2.45. The van der Waals surface area contributed by atoms with Gasteiger partial charge in [-0.3, -0.25) is 9.89 Å². The molecule has 0 amide bonds. The van der Waals surface area contributed by atoms with Crippen molar-refractivity contribution in [3.05, 3.63) is 24.3 Å². The summed E-state index contributed by atoms with van der Waals surface area (Å²) in [6.07, 6.45) is 0.269. The van der Waals surface area contributed by atoms with Gasteiger partial charge >= 0.3 is 0 Å². The average Bonchev–Trinajstić information content (AvgIpc) is 2.54. The van der Waals surface area contributed by atoms with Crippen LogP contribution in [0.15, 0.2) is 29.3 Å². The SMILES string of the molecule is CC(C)CN1CCOC(CN=C(N)Nc2ccc(OC(C)C)cc2)C1.I. The number of nitrogens with zero attached hydrogens (tertiary/aromatic N) is 2. The van der Waals surface area contributed by atoms with Gasteiger partial charge in [-0.1, -0.05) is 13.8 Å². The number of hydrogen-bond donors (Lipinski definition) is 2. The van der Waals surface area contributed by atoms with Crippen LogP contribution in [0.4, 0.5) is 5.69 Å². The summed E-state index contributed by atoms with van der Waals surface area (Å²) in [4.78, 5) is 6.86. The van der Waals surface area contributed by atoms with Crippen molar-refractivity contribution in [3.63, 3.8) is 0 Å². The van der Waals surface area contributed by atoms with Crippen LogP contribution in [0.2, 0.25) is 0 Å². The molecule has 1 fully saturated rings. The number of benzene rings is 1. The topological polar surface area (TPSA) is 72.1 Å². The molecular weight excluding hydrogens is 443 g/mol. The second-order valence-electron chi connectivity index (χ2n) is 7.19. The molecule has 1 atom stereocenters. The Labute approximate surface area is 174 Å². The zero-order valence-corrected chi connectivity index (χ0v) is 18.6. The quantitative estimate of drug-likeness (QED) is 0.360. The number of guanidine groups is 1. The highest BCUT2D eigenvalue weighted by molar-refractivity contribution is 14.0. The molecule has 26 heavy (non-hydrogen) atoms. The van der Waals surface area contributed by atoms with Crippen LogP contribution in [0.3, 0.4) is 0 Å². The van der Waals surface area contributed by atoms with Gasteiger partial charge in [0.2, 0.25) is 0 Å². The largest absolute Gasteiger partial charge is 0.491 e. The van der Waals surface area contributed by atoms with Gasteiger partial charge in [-0.25, -0.2) is 0 Å². The lowest BCUT2D eigenvalue weighted by molar-refractivity contribution is -0.0261. The van der Waals surface area contributed by atoms with Crippen molar-refractivity contribution in [2.45, 2.75) is 39.9 Å². The molecule has 0 bridgehead atoms. The van der Waals surface area contributed by atoms with Crippen molar-refractivity contribution in [3.8, 4) is 5.75 Å². The summed E-state index contributed by atoms with van der Waals surface area (Å²) in [7, 11) is 0. The van der Waals surface area contributed by atoms with Crippen LogP contribution in [0, 0.1) is 5.92 Å². The average molecular weight is 476 g/mol. The molecule has 1 aromatic carbocycles. The van der Waals surface area contributed by atoms with Gasteiger partial charge in [0.1, 0.15) is 5.75 Å². The number of morpholine rings is 1. The highest BCUT2D eigenvalue weighted by atomic mass is 127. The van der Waals surface area contributed by atoms with Gasteiger partial charge in [0.05, 0.1) is 25.4 Å². The summed E-state index contributed by atoms with van der Waals surface area (Å²) in [6.45, 7) is 12.8. The lowest BCUT2D eigenvalue weighted by atomic mass is 10.2. The molecule has 3 N–H and O–H groups in total. The fourth-order valence-corrected chi connectivity index (χ4v) is 2.85. The van der Waals surface area contributed by atoms with Crippen LogP contribution in [-0.4, -0.2) is 55.9 Å². The lowest BCUT2D eigenvalue weighted by Gasteiger charge is -2.33. The van der Waals surface area contributed by atoms with E-state index >= 15 is 0 Å². The third-order valence-corrected chi connectivity index (χ3v) is 3.81. The van der Waals surface area contributed by atoms with E-state index in [0.717, 1.165) is 37.7 Å². The number of halogens is 1. The van der Waals surface area contributed by atoms with Gasteiger partial charge in [0, 0.05) is 25.3 Å². The Balaban J connectivity index is 0.00000338. The van der Waals surface area contributed by atoms with Gasteiger partial charge in [0.15, 0.2) is 5.96 Å². The maximum atomic E-state index is 6.00. The predicted octanol–water partition coefficient (Wildman–Crippen LogP) is 3.18. The van der Waals surface area contributed by atoms with Gasteiger partial charge in [-0.05, 0) is 44.0 Å². The molecule has 1 heterocycles. The maximum Gasteiger partial charge on any atom is 0.193 e. The minimum absolute atomic E-state index is 0. The molecule has 0 spiro atoms. The normalized spacial score (nSPS) is 18.7. The zero-order chi connectivity index (χ0) is 18.2. The fraction of sp³-hybridized carbons (Fsp3) is 0.632. The minimum atomic E-state index is 0. The Bertz CT molecular complexity index is 549. The highest BCUT2D eigenvalue weighted by Gasteiger charge is 2.20. The number of aliphatic imine (C=N–C) groups is 1. The second-order valence-corrected chi connectivity index (χ2v) is 7.19. The Morgan fingerprint density at radius 3 is 2.62 bits per heavy atom. The van der Waals surface area contributed by atoms with Crippen LogP contribution in [-0.2, 0) is 4.74 Å². The molecule has 1 aliphatic rings. The molecule has 2 rings (SSSR count). The minimum Gasteiger partial charge on any atom is -0.491 e. The molecule has 0 radical (unpaired) electrons. The number of rotatable bonds is 7. The molecule has 6 nitrogen and oxygen atoms in total. The first-order valence-electron chi connectivity index (χ1n) is 9.10. The molecule has 0 aromatic heterocycles. The first-order valence-corrected chi connectivity index (χ1v) is 9.10. The van der Waals surface area contributed by atoms with Crippen molar-refractivity contribution >= 4 is 35.6 Å². The Morgan fingerprint density at radius 2 is 2.00 bits per heavy atom. The smallest absolute Gasteiger partial charge is 0.193 e. The number of hydrogen-bond acceptors (Lipinski definition) is 4. The molecule has 1 aliphatic heterocycles. The van der Waals surface area contributed by atoms with Crippen molar-refractivity contribution in [2.75, 3.05) is 38.1 Å². The number of anilines is 1. The molecule has 0 aliphatic carbocycles. The van der Waals surface area contributed by atoms with E-state index in [2.05, 4.69) is 29.1 Å². The van der Waals surface area contributed by atoms with E-state index in [1.54, 1.807) is 0 Å². The number of nitrogens with one attached hydrogen (secondary N) is 1. The van der Waals surface area contributed by atoms with Crippen LogP contribution in [0.25, 0.3) is 0 Å². The first-order chi connectivity index (χ1) is 11.9. The summed E-state index contributed by atoms with van der Waals surface area (Å²) in [5.41, 5.74) is 6.89. The Morgan fingerprint density at radius 1 is 1.31 bits per heavy atom. The zero-order valence-electron chi connectivity index (χ0n) is 16.3. The molecular formula is C19H33IN4O2. The molecule has 0 saturated carbocycles. The van der Waals surface area contributed by atoms with E-state index in [-0.39, 0.29) is 36.2 Å². The van der Waals surface area contributed by atoms with E-state index in [1.165, 1.54) is 0 Å². The van der Waals surface area contributed by atoms with Crippen molar-refractivity contribution in [1.82, 2.24) is 4.90 Å². The van der Waals surface area contributed by atoms with E-state index in [9.17, 15) is 0 Å². The molecule has 7 heteroatoms. The summed E-state index contributed by atoms with van der Waals surface area (Å²) < 4.78 is 11.4. The molecule has 1 saturated heterocycles. The number of nitrogens with two attached hydrogens (primary N) is 1. The van der Waals surface area contributed by atoms with Crippen molar-refractivity contribution in [1.29, 1.82) is 0 Å². The van der Waals surface area contributed by atoms with Crippen LogP contribution in [0.5, 0.6) is 5.75 Å². The Kier molecular flexibility index (Phi) is 10.3. The predicted molar refractivity (Wildman–Crippen MR) is 119 cm³/mol. The summed E-state index contributed by atoms with van der Waals surface area (Å²) in [5.74, 6) is 1.91. The summed E-state index contributed by atoms with van der Waals surface area (Å²) >= 11 is 0. The highest BCUT2D eigenvalue weighted by Crippen LogP contribution is 2.16. The van der Waals surface area contributed by atoms with E-state index in [4.69, 9.17) is 15.2 Å². The van der Waals surface area contributed by atoms with Crippen LogP contribution in [0.1, 0.15) is 27.7 Å². The number of ether oxygens (including phenoxy) is 2. The molecule has 1 unspecified atom stereocenters. The van der Waals surface area contributed by atoms with E-state index in [0.29, 0.717) is 18.4 Å².